The van der Waals surface area contributed by atoms with Gasteiger partial charge in [-0.15, -0.1) is 0 Å². The zero-order valence-electron chi connectivity index (χ0n) is 8.41. The zero-order valence-corrected chi connectivity index (χ0v) is 9.17. The van der Waals surface area contributed by atoms with Gasteiger partial charge in [0.2, 0.25) is 0 Å². The molecule has 0 radical (unpaired) electrons. The Morgan fingerprint density at radius 3 is 2.13 bits per heavy atom. The molecule has 0 unspecified atom stereocenters. The molecule has 1 rings (SSSR count). The zero-order chi connectivity index (χ0) is 12.2. The van der Waals surface area contributed by atoms with Crippen molar-refractivity contribution in [2.24, 2.45) is 0 Å². The highest BCUT2D eigenvalue weighted by molar-refractivity contribution is 6.30. The van der Waals surface area contributed by atoms with Gasteiger partial charge >= 0.3 is 6.18 Å². The molecule has 0 spiro atoms. The maximum Gasteiger partial charge on any atom is 0.436 e. The number of alkyl halides is 3. The Balaban J connectivity index is 0.000000921. The number of aryl methyl sites for hydroxylation is 1. The van der Waals surface area contributed by atoms with Crippen LogP contribution in [0.1, 0.15) is 25.1 Å². The molecule has 1 aromatic rings. The van der Waals surface area contributed by atoms with E-state index >= 15 is 0 Å². The van der Waals surface area contributed by atoms with Gasteiger partial charge < -0.3 is 0 Å². The van der Waals surface area contributed by atoms with Crippen molar-refractivity contribution in [3.8, 4) is 0 Å². The SMILES string of the molecule is CC.Cc1cc(F)c(C(F)(F)F)nc1Cl. The first-order valence-electron chi connectivity index (χ1n) is 4.22. The molecule has 15 heavy (non-hydrogen) atoms. The normalized spacial score (nSPS) is 10.7. The fourth-order valence-electron chi connectivity index (χ4n) is 0.757. The Bertz CT molecular complexity index is 336. The maximum absolute atomic E-state index is 12.7. The average molecular weight is 244 g/mol. The molecule has 1 nitrogen and oxygen atoms in total. The third kappa shape index (κ3) is 3.66. The summed E-state index contributed by atoms with van der Waals surface area (Å²) < 4.78 is 48.7. The summed E-state index contributed by atoms with van der Waals surface area (Å²) in [6.45, 7) is 5.37. The molecular weight excluding hydrogens is 234 g/mol. The van der Waals surface area contributed by atoms with E-state index in [0.29, 0.717) is 6.07 Å². The highest BCUT2D eigenvalue weighted by Crippen LogP contribution is 2.31. The summed E-state index contributed by atoms with van der Waals surface area (Å²) in [5.74, 6) is -1.41. The first-order chi connectivity index (χ1) is 6.82. The second kappa shape index (κ2) is 5.30. The minimum atomic E-state index is -4.80. The molecule has 0 aromatic carbocycles. The highest BCUT2D eigenvalue weighted by atomic mass is 35.5. The Labute approximate surface area is 90.1 Å². The van der Waals surface area contributed by atoms with Gasteiger partial charge in [-0.25, -0.2) is 9.37 Å². The summed E-state index contributed by atoms with van der Waals surface area (Å²) in [6, 6.07) is 0.707. The van der Waals surface area contributed by atoms with E-state index in [0.717, 1.165) is 0 Å². The van der Waals surface area contributed by atoms with Crippen molar-refractivity contribution in [1.82, 2.24) is 4.98 Å². The van der Waals surface area contributed by atoms with Crippen molar-refractivity contribution in [1.29, 1.82) is 0 Å². The lowest BCUT2D eigenvalue weighted by atomic mass is 10.2. The van der Waals surface area contributed by atoms with Gasteiger partial charge in [0.25, 0.3) is 0 Å². The van der Waals surface area contributed by atoms with Crippen LogP contribution in [0.4, 0.5) is 17.6 Å². The summed E-state index contributed by atoms with van der Waals surface area (Å²) >= 11 is 5.31. The molecule has 0 saturated heterocycles. The predicted octanol–water partition coefficient (Wildman–Crippen LogP) is 4.23. The van der Waals surface area contributed by atoms with Gasteiger partial charge in [0.15, 0.2) is 11.5 Å². The largest absolute Gasteiger partial charge is 0.436 e. The van der Waals surface area contributed by atoms with Crippen LogP contribution in [0.15, 0.2) is 6.07 Å². The molecule has 6 heteroatoms. The van der Waals surface area contributed by atoms with Gasteiger partial charge in [-0.3, -0.25) is 0 Å². The molecule has 1 heterocycles. The summed E-state index contributed by atoms with van der Waals surface area (Å²) in [5, 5.41) is -0.339. The molecule has 0 aliphatic rings. The van der Waals surface area contributed by atoms with Crippen LogP contribution in [0.25, 0.3) is 0 Å². The van der Waals surface area contributed by atoms with Crippen molar-refractivity contribution in [3.05, 3.63) is 28.3 Å². The van der Waals surface area contributed by atoms with Crippen LogP contribution in [0.5, 0.6) is 0 Å². The van der Waals surface area contributed by atoms with Crippen molar-refractivity contribution in [3.63, 3.8) is 0 Å². The van der Waals surface area contributed by atoms with E-state index in [-0.39, 0.29) is 10.7 Å². The number of hydrogen-bond donors (Lipinski definition) is 0. The molecular formula is C9H10ClF4N. The molecule has 1 aromatic heterocycles. The molecule has 0 N–H and O–H groups in total. The third-order valence-electron chi connectivity index (χ3n) is 1.37. The topological polar surface area (TPSA) is 12.9 Å². The van der Waals surface area contributed by atoms with Crippen LogP contribution in [0, 0.1) is 12.7 Å². The van der Waals surface area contributed by atoms with Crippen LogP contribution in [0.2, 0.25) is 5.15 Å². The summed E-state index contributed by atoms with van der Waals surface area (Å²) in [5.41, 5.74) is -1.41. The van der Waals surface area contributed by atoms with Crippen molar-refractivity contribution >= 4 is 11.6 Å². The van der Waals surface area contributed by atoms with E-state index in [1.165, 1.54) is 6.92 Å². The van der Waals surface area contributed by atoms with Crippen molar-refractivity contribution in [2.45, 2.75) is 26.9 Å². The quantitative estimate of drug-likeness (QED) is 0.491. The van der Waals surface area contributed by atoms with E-state index in [4.69, 9.17) is 11.6 Å². The molecule has 0 aliphatic heterocycles. The lowest BCUT2D eigenvalue weighted by Gasteiger charge is -2.07. The summed E-state index contributed by atoms with van der Waals surface area (Å²) in [6.07, 6.45) is -4.80. The number of aromatic nitrogens is 1. The lowest BCUT2D eigenvalue weighted by molar-refractivity contribution is -0.143. The summed E-state index contributed by atoms with van der Waals surface area (Å²) in [7, 11) is 0. The molecule has 0 amide bonds. The maximum atomic E-state index is 12.7. The van der Waals surface area contributed by atoms with Gasteiger partial charge in [0.1, 0.15) is 5.15 Å². The Morgan fingerprint density at radius 2 is 1.73 bits per heavy atom. The summed E-state index contributed by atoms with van der Waals surface area (Å²) in [4.78, 5) is 2.91. The molecule has 0 atom stereocenters. The smallest absolute Gasteiger partial charge is 0.228 e. The minimum Gasteiger partial charge on any atom is -0.228 e. The molecule has 0 aliphatic carbocycles. The van der Waals surface area contributed by atoms with E-state index < -0.39 is 17.7 Å². The van der Waals surface area contributed by atoms with Crippen LogP contribution in [0.3, 0.4) is 0 Å². The molecule has 0 bridgehead atoms. The monoisotopic (exact) mass is 243 g/mol. The molecule has 0 saturated carbocycles. The Kier molecular flexibility index (Phi) is 5.00. The fraction of sp³-hybridized carbons (Fsp3) is 0.444. The van der Waals surface area contributed by atoms with E-state index in [2.05, 4.69) is 4.98 Å². The van der Waals surface area contributed by atoms with Crippen LogP contribution in [-0.4, -0.2) is 4.98 Å². The van der Waals surface area contributed by atoms with E-state index in [1.807, 2.05) is 13.8 Å². The number of rotatable bonds is 0. The van der Waals surface area contributed by atoms with Crippen LogP contribution >= 0.6 is 11.6 Å². The standard InChI is InChI=1S/C7H4ClF4N.C2H6/c1-3-2-4(9)5(7(10,11)12)13-6(3)8;1-2/h2H,1H3;1-2H3. The number of nitrogens with zero attached hydrogens (tertiary/aromatic N) is 1. The van der Waals surface area contributed by atoms with Gasteiger partial charge in [-0.05, 0) is 18.6 Å². The second-order valence-electron chi connectivity index (χ2n) is 2.42. The third-order valence-corrected chi connectivity index (χ3v) is 1.76. The van der Waals surface area contributed by atoms with Gasteiger partial charge in [-0.1, -0.05) is 25.4 Å². The number of pyridine rings is 1. The lowest BCUT2D eigenvalue weighted by Crippen LogP contribution is -2.11. The van der Waals surface area contributed by atoms with E-state index in [9.17, 15) is 17.6 Å². The highest BCUT2D eigenvalue weighted by Gasteiger charge is 2.36. The second-order valence-corrected chi connectivity index (χ2v) is 2.78. The fourth-order valence-corrected chi connectivity index (χ4v) is 0.896. The van der Waals surface area contributed by atoms with Crippen molar-refractivity contribution < 1.29 is 17.6 Å². The number of halogens is 5. The minimum absolute atomic E-state index is 0.173. The van der Waals surface area contributed by atoms with Gasteiger partial charge in [-0.2, -0.15) is 13.2 Å². The molecule has 86 valence electrons. The average Bonchev–Trinajstić information content (AvgIpc) is 2.13. The predicted molar refractivity (Wildman–Crippen MR) is 50.3 cm³/mol. The Morgan fingerprint density at radius 1 is 1.27 bits per heavy atom. The van der Waals surface area contributed by atoms with Crippen LogP contribution < -0.4 is 0 Å². The van der Waals surface area contributed by atoms with Gasteiger partial charge in [0.05, 0.1) is 0 Å². The number of hydrogen-bond acceptors (Lipinski definition) is 1. The Hall–Kier alpha value is -0.840. The van der Waals surface area contributed by atoms with Crippen LogP contribution in [-0.2, 0) is 6.18 Å². The molecule has 0 fully saturated rings. The van der Waals surface area contributed by atoms with Crippen molar-refractivity contribution in [2.75, 3.05) is 0 Å². The first-order valence-corrected chi connectivity index (χ1v) is 4.60. The van der Waals surface area contributed by atoms with Gasteiger partial charge in [0, 0.05) is 0 Å². The van der Waals surface area contributed by atoms with E-state index in [1.54, 1.807) is 0 Å². The first kappa shape index (κ1) is 14.2.